The second-order valence-electron chi connectivity index (χ2n) is 7.60. The second kappa shape index (κ2) is 10.5. The van der Waals surface area contributed by atoms with Gasteiger partial charge in [-0.15, -0.1) is 0 Å². The molecule has 0 spiro atoms. The number of aliphatic imine (C=N–C) groups is 1. The van der Waals surface area contributed by atoms with E-state index < -0.39 is 0 Å². The quantitative estimate of drug-likeness (QED) is 0.462. The molecule has 0 saturated carbocycles. The molecule has 0 aromatic heterocycles. The molecule has 0 unspecified atom stereocenters. The summed E-state index contributed by atoms with van der Waals surface area (Å²) in [5.74, 6) is 0.763. The first-order valence-electron chi connectivity index (χ1n) is 10.3. The van der Waals surface area contributed by atoms with Crippen LogP contribution in [0.3, 0.4) is 0 Å². The molecule has 2 fully saturated rings. The summed E-state index contributed by atoms with van der Waals surface area (Å²) in [6.45, 7) is 10.0. The summed E-state index contributed by atoms with van der Waals surface area (Å²) in [6.07, 6.45) is 6.20. The largest absolute Gasteiger partial charge is 0.370 e. The normalized spacial score (nSPS) is 20.5. The molecule has 0 amide bonds. The highest BCUT2D eigenvalue weighted by Crippen LogP contribution is 2.10. The van der Waals surface area contributed by atoms with Gasteiger partial charge in [0.15, 0.2) is 5.96 Å². The number of nitrogens with zero attached hydrogens (tertiary/aromatic N) is 4. The maximum Gasteiger partial charge on any atom is 0.191 e. The third-order valence-corrected chi connectivity index (χ3v) is 5.55. The van der Waals surface area contributed by atoms with Crippen molar-refractivity contribution in [3.63, 3.8) is 0 Å². The Kier molecular flexibility index (Phi) is 7.77. The molecule has 1 aromatic carbocycles. The van der Waals surface area contributed by atoms with Gasteiger partial charge in [-0.05, 0) is 44.2 Å². The fourth-order valence-corrected chi connectivity index (χ4v) is 3.88. The lowest BCUT2D eigenvalue weighted by Gasteiger charge is -2.34. The maximum atomic E-state index is 6.11. The van der Waals surface area contributed by atoms with E-state index in [0.717, 1.165) is 38.6 Å². The predicted octanol–water partition coefficient (Wildman–Crippen LogP) is 2.38. The Hall–Kier alpha value is -1.59. The molecule has 3 rings (SSSR count). The Bertz CT molecular complexity index is 531. The number of likely N-dealkylation sites (tertiary alicyclic amines) is 1. The lowest BCUT2D eigenvalue weighted by molar-refractivity contribution is 0.126. The van der Waals surface area contributed by atoms with Crippen LogP contribution in [-0.4, -0.2) is 73.0 Å². The van der Waals surface area contributed by atoms with Crippen LogP contribution < -0.4 is 5.73 Å². The van der Waals surface area contributed by atoms with Crippen LogP contribution in [0.4, 0.5) is 0 Å². The minimum absolute atomic E-state index is 0.763. The topological polar surface area (TPSA) is 48.1 Å². The summed E-state index contributed by atoms with van der Waals surface area (Å²) >= 11 is 0. The molecule has 1 aromatic rings. The lowest BCUT2D eigenvalue weighted by atomic mass is 10.1. The van der Waals surface area contributed by atoms with Gasteiger partial charge in [0.25, 0.3) is 0 Å². The van der Waals surface area contributed by atoms with Crippen molar-refractivity contribution in [2.24, 2.45) is 10.7 Å². The van der Waals surface area contributed by atoms with E-state index in [4.69, 9.17) is 5.73 Å². The van der Waals surface area contributed by atoms with E-state index in [2.05, 4.69) is 50.0 Å². The molecule has 0 atom stereocenters. The Morgan fingerprint density at radius 1 is 0.846 bits per heavy atom. The van der Waals surface area contributed by atoms with Gasteiger partial charge >= 0.3 is 0 Å². The second-order valence-corrected chi connectivity index (χ2v) is 7.60. The molecule has 2 saturated heterocycles. The zero-order chi connectivity index (χ0) is 18.0. The van der Waals surface area contributed by atoms with Crippen LogP contribution in [0.2, 0.25) is 0 Å². The van der Waals surface area contributed by atoms with E-state index in [1.54, 1.807) is 0 Å². The number of guanidine groups is 1. The molecule has 144 valence electrons. The number of rotatable bonds is 7. The highest BCUT2D eigenvalue weighted by molar-refractivity contribution is 5.78. The minimum Gasteiger partial charge on any atom is -0.370 e. The number of hydrogen-bond acceptors (Lipinski definition) is 3. The van der Waals surface area contributed by atoms with Gasteiger partial charge in [0.05, 0.1) is 0 Å². The van der Waals surface area contributed by atoms with E-state index in [1.165, 1.54) is 64.0 Å². The van der Waals surface area contributed by atoms with Crippen LogP contribution in [-0.2, 0) is 6.54 Å². The summed E-state index contributed by atoms with van der Waals surface area (Å²) < 4.78 is 0. The molecule has 5 nitrogen and oxygen atoms in total. The highest BCUT2D eigenvalue weighted by Gasteiger charge is 2.16. The number of piperidine rings is 1. The molecule has 26 heavy (non-hydrogen) atoms. The first-order chi connectivity index (χ1) is 12.8. The van der Waals surface area contributed by atoms with Crippen molar-refractivity contribution in [1.82, 2.24) is 14.7 Å². The van der Waals surface area contributed by atoms with Gasteiger partial charge in [0, 0.05) is 52.4 Å². The Morgan fingerprint density at radius 2 is 1.54 bits per heavy atom. The molecule has 0 bridgehead atoms. The summed E-state index contributed by atoms with van der Waals surface area (Å²) in [6, 6.07) is 10.8. The molecular weight excluding hydrogens is 322 g/mol. The van der Waals surface area contributed by atoms with Gasteiger partial charge in [0.1, 0.15) is 0 Å². The number of unbranched alkanes of at least 4 members (excludes halogenated alkanes) is 1. The van der Waals surface area contributed by atoms with Crippen molar-refractivity contribution >= 4 is 5.96 Å². The van der Waals surface area contributed by atoms with Crippen LogP contribution in [0.1, 0.15) is 37.7 Å². The summed E-state index contributed by atoms with van der Waals surface area (Å²) in [5.41, 5.74) is 7.53. The average molecular weight is 358 g/mol. The fourth-order valence-electron chi connectivity index (χ4n) is 3.88. The average Bonchev–Trinajstić information content (AvgIpc) is 2.70. The van der Waals surface area contributed by atoms with Crippen LogP contribution in [0.5, 0.6) is 0 Å². The van der Waals surface area contributed by atoms with Crippen LogP contribution in [0.25, 0.3) is 0 Å². The fraction of sp³-hybridized carbons (Fsp3) is 0.667. The van der Waals surface area contributed by atoms with Gasteiger partial charge in [-0.2, -0.15) is 0 Å². The van der Waals surface area contributed by atoms with Crippen LogP contribution in [0, 0.1) is 0 Å². The monoisotopic (exact) mass is 357 g/mol. The van der Waals surface area contributed by atoms with Crippen molar-refractivity contribution in [2.75, 3.05) is 52.4 Å². The standard InChI is InChI=1S/C21H35N5/c22-21(26-13-6-2-7-14-26)23-11-5-8-12-24-15-17-25(18-16-24)19-20-9-3-1-4-10-20/h1,3-4,9-10H,2,5-8,11-19H2,(H2,22,23). The molecular formula is C21H35N5. The van der Waals surface area contributed by atoms with E-state index in [1.807, 2.05) is 0 Å². The van der Waals surface area contributed by atoms with Gasteiger partial charge in [-0.25, -0.2) is 0 Å². The molecule has 5 heteroatoms. The molecule has 2 aliphatic rings. The Labute approximate surface area is 158 Å². The van der Waals surface area contributed by atoms with Gasteiger partial charge in [-0.1, -0.05) is 30.3 Å². The predicted molar refractivity (Wildman–Crippen MR) is 109 cm³/mol. The van der Waals surface area contributed by atoms with E-state index in [9.17, 15) is 0 Å². The van der Waals surface area contributed by atoms with E-state index >= 15 is 0 Å². The zero-order valence-electron chi connectivity index (χ0n) is 16.2. The smallest absolute Gasteiger partial charge is 0.191 e. The van der Waals surface area contributed by atoms with Crippen molar-refractivity contribution in [3.8, 4) is 0 Å². The first kappa shape index (κ1) is 19.2. The van der Waals surface area contributed by atoms with E-state index in [-0.39, 0.29) is 0 Å². The molecule has 0 aliphatic carbocycles. The lowest BCUT2D eigenvalue weighted by Crippen LogP contribution is -2.46. The van der Waals surface area contributed by atoms with Crippen LogP contribution in [0.15, 0.2) is 35.3 Å². The third kappa shape index (κ3) is 6.29. The number of nitrogens with two attached hydrogens (primary N) is 1. The summed E-state index contributed by atoms with van der Waals surface area (Å²) in [5, 5.41) is 0. The maximum absolute atomic E-state index is 6.11. The zero-order valence-corrected chi connectivity index (χ0v) is 16.2. The summed E-state index contributed by atoms with van der Waals surface area (Å²) in [7, 11) is 0. The first-order valence-corrected chi connectivity index (χ1v) is 10.3. The van der Waals surface area contributed by atoms with Crippen molar-refractivity contribution < 1.29 is 0 Å². The number of piperazine rings is 1. The molecule has 0 radical (unpaired) electrons. The molecule has 2 aliphatic heterocycles. The Balaban J connectivity index is 1.26. The van der Waals surface area contributed by atoms with E-state index in [0.29, 0.717) is 0 Å². The number of hydrogen-bond donors (Lipinski definition) is 1. The van der Waals surface area contributed by atoms with Gasteiger partial charge in [-0.3, -0.25) is 9.89 Å². The molecule has 2 heterocycles. The number of benzene rings is 1. The highest BCUT2D eigenvalue weighted by atomic mass is 15.3. The third-order valence-electron chi connectivity index (χ3n) is 5.55. The van der Waals surface area contributed by atoms with Crippen molar-refractivity contribution in [2.45, 2.75) is 38.6 Å². The SMILES string of the molecule is NC(=NCCCCN1CCN(Cc2ccccc2)CC1)N1CCCCC1. The minimum atomic E-state index is 0.763. The van der Waals surface area contributed by atoms with Crippen LogP contribution >= 0.6 is 0 Å². The van der Waals surface area contributed by atoms with Crippen molar-refractivity contribution in [3.05, 3.63) is 35.9 Å². The summed E-state index contributed by atoms with van der Waals surface area (Å²) in [4.78, 5) is 12.0. The van der Waals surface area contributed by atoms with Gasteiger partial charge < -0.3 is 15.5 Å². The van der Waals surface area contributed by atoms with Gasteiger partial charge in [0.2, 0.25) is 0 Å². The molecule has 2 N–H and O–H groups in total. The van der Waals surface area contributed by atoms with Crippen molar-refractivity contribution in [1.29, 1.82) is 0 Å². The Morgan fingerprint density at radius 3 is 2.27 bits per heavy atom.